The number of benzene rings is 2. The number of hydrogen-bond acceptors (Lipinski definition) is 2. The van der Waals surface area contributed by atoms with Crippen molar-refractivity contribution in [2.45, 2.75) is 25.2 Å². The van der Waals surface area contributed by atoms with Crippen LogP contribution in [0.2, 0.25) is 0 Å². The first kappa shape index (κ1) is 13.8. The molecule has 2 aromatic carbocycles. The van der Waals surface area contributed by atoms with Crippen molar-refractivity contribution in [3.05, 3.63) is 71.3 Å². The third-order valence-electron chi connectivity index (χ3n) is 3.60. The Morgan fingerprint density at radius 3 is 2.20 bits per heavy atom. The minimum Gasteiger partial charge on any atom is -0.198 e. The number of nitriles is 2. The summed E-state index contributed by atoms with van der Waals surface area (Å²) in [5, 5.41) is 18.7. The lowest BCUT2D eigenvalue weighted by atomic mass is 9.79. The summed E-state index contributed by atoms with van der Waals surface area (Å²) in [6, 6.07) is 22.3. The van der Waals surface area contributed by atoms with Crippen molar-refractivity contribution in [1.29, 1.82) is 10.5 Å². The highest BCUT2D eigenvalue weighted by molar-refractivity contribution is 5.38. The van der Waals surface area contributed by atoms with Gasteiger partial charge < -0.3 is 0 Å². The molecule has 2 atom stereocenters. The highest BCUT2D eigenvalue weighted by Gasteiger charge is 2.25. The third-order valence-corrected chi connectivity index (χ3v) is 3.60. The van der Waals surface area contributed by atoms with Crippen LogP contribution in [-0.2, 0) is 0 Å². The fourth-order valence-corrected chi connectivity index (χ4v) is 2.54. The van der Waals surface area contributed by atoms with Gasteiger partial charge in [-0.15, -0.1) is 0 Å². The third kappa shape index (κ3) is 2.87. The van der Waals surface area contributed by atoms with E-state index < -0.39 is 0 Å². The van der Waals surface area contributed by atoms with Crippen LogP contribution in [0, 0.1) is 29.6 Å². The molecule has 98 valence electrons. The minimum atomic E-state index is -0.293. The Hall–Kier alpha value is -2.58. The largest absolute Gasteiger partial charge is 0.198 e. The quantitative estimate of drug-likeness (QED) is 0.822. The van der Waals surface area contributed by atoms with E-state index >= 15 is 0 Å². The first-order chi connectivity index (χ1) is 9.77. The van der Waals surface area contributed by atoms with Gasteiger partial charge in [-0.1, -0.05) is 54.6 Å². The van der Waals surface area contributed by atoms with E-state index in [1.54, 1.807) is 0 Å². The molecule has 0 aliphatic heterocycles. The van der Waals surface area contributed by atoms with E-state index in [-0.39, 0.29) is 11.8 Å². The Labute approximate surface area is 119 Å². The summed E-state index contributed by atoms with van der Waals surface area (Å²) in [6.07, 6.45) is 0.344. The molecule has 0 amide bonds. The van der Waals surface area contributed by atoms with Crippen LogP contribution in [-0.4, -0.2) is 0 Å². The van der Waals surface area contributed by atoms with Crippen molar-refractivity contribution < 1.29 is 0 Å². The van der Waals surface area contributed by atoms with Crippen molar-refractivity contribution in [1.82, 2.24) is 0 Å². The predicted octanol–water partition coefficient (Wildman–Crippen LogP) is 4.30. The molecule has 0 spiro atoms. The van der Waals surface area contributed by atoms with Gasteiger partial charge in [-0.2, -0.15) is 10.5 Å². The maximum Gasteiger partial charge on any atom is 0.0793 e. The number of aryl methyl sites for hydroxylation is 1. The fourth-order valence-electron chi connectivity index (χ4n) is 2.54. The summed E-state index contributed by atoms with van der Waals surface area (Å²) in [7, 11) is 0. The van der Waals surface area contributed by atoms with Crippen molar-refractivity contribution in [3.8, 4) is 12.1 Å². The van der Waals surface area contributed by atoms with Gasteiger partial charge in [-0.05, 0) is 23.6 Å². The molecule has 2 heteroatoms. The lowest BCUT2D eigenvalue weighted by Crippen LogP contribution is -2.11. The summed E-state index contributed by atoms with van der Waals surface area (Å²) >= 11 is 0. The standard InChI is InChI=1S/C18H16N2/c1-14-7-5-6-10-16(14)18(13-20)17(11-12-19)15-8-3-2-4-9-15/h2-10,17-18H,11H2,1H3/t17-,18-/m0/s1. The van der Waals surface area contributed by atoms with Crippen LogP contribution in [0.5, 0.6) is 0 Å². The van der Waals surface area contributed by atoms with Crippen molar-refractivity contribution in [2.24, 2.45) is 0 Å². The molecular weight excluding hydrogens is 244 g/mol. The van der Waals surface area contributed by atoms with Gasteiger partial charge in [0.25, 0.3) is 0 Å². The van der Waals surface area contributed by atoms with E-state index in [9.17, 15) is 5.26 Å². The van der Waals surface area contributed by atoms with E-state index in [0.717, 1.165) is 16.7 Å². The van der Waals surface area contributed by atoms with E-state index in [4.69, 9.17) is 5.26 Å². The zero-order valence-electron chi connectivity index (χ0n) is 11.5. The fraction of sp³-hybridized carbons (Fsp3) is 0.222. The van der Waals surface area contributed by atoms with Crippen molar-refractivity contribution >= 4 is 0 Å². The predicted molar refractivity (Wildman–Crippen MR) is 78.9 cm³/mol. The molecule has 2 nitrogen and oxygen atoms in total. The van der Waals surface area contributed by atoms with Crippen molar-refractivity contribution in [3.63, 3.8) is 0 Å². The van der Waals surface area contributed by atoms with Crippen LogP contribution >= 0.6 is 0 Å². The maximum absolute atomic E-state index is 9.60. The van der Waals surface area contributed by atoms with E-state index in [2.05, 4.69) is 12.1 Å². The molecule has 0 aromatic heterocycles. The van der Waals surface area contributed by atoms with Crippen LogP contribution in [0.4, 0.5) is 0 Å². The molecule has 2 aromatic rings. The summed E-state index contributed by atoms with van der Waals surface area (Å²) in [6.45, 7) is 2.01. The van der Waals surface area contributed by atoms with Gasteiger partial charge in [0.05, 0.1) is 18.1 Å². The Morgan fingerprint density at radius 2 is 1.60 bits per heavy atom. The first-order valence-corrected chi connectivity index (χ1v) is 6.65. The Balaban J connectivity index is 2.45. The van der Waals surface area contributed by atoms with Crippen LogP contribution in [0.1, 0.15) is 34.9 Å². The minimum absolute atomic E-state index is 0.0905. The number of rotatable bonds is 4. The summed E-state index contributed by atoms with van der Waals surface area (Å²) in [5.74, 6) is -0.384. The van der Waals surface area contributed by atoms with E-state index in [0.29, 0.717) is 6.42 Å². The van der Waals surface area contributed by atoms with Crippen molar-refractivity contribution in [2.75, 3.05) is 0 Å². The molecule has 0 heterocycles. The molecule has 0 N–H and O–H groups in total. The SMILES string of the molecule is Cc1ccccc1[C@H](C#N)[C@@H](CC#N)c1ccccc1. The molecule has 2 rings (SSSR count). The lowest BCUT2D eigenvalue weighted by Gasteiger charge is -2.21. The Kier molecular flexibility index (Phi) is 4.53. The van der Waals surface area contributed by atoms with Gasteiger partial charge in [0, 0.05) is 12.3 Å². The monoisotopic (exact) mass is 260 g/mol. The molecule has 0 saturated heterocycles. The average Bonchev–Trinajstić information content (AvgIpc) is 2.50. The summed E-state index contributed by atoms with van der Waals surface area (Å²) < 4.78 is 0. The average molecular weight is 260 g/mol. The van der Waals surface area contributed by atoms with Crippen LogP contribution in [0.25, 0.3) is 0 Å². The highest BCUT2D eigenvalue weighted by Crippen LogP contribution is 2.36. The van der Waals surface area contributed by atoms with E-state index in [1.807, 2.05) is 61.5 Å². The second-order valence-electron chi connectivity index (χ2n) is 4.84. The molecule has 0 fully saturated rings. The van der Waals surface area contributed by atoms with Crippen LogP contribution in [0.15, 0.2) is 54.6 Å². The summed E-state index contributed by atoms with van der Waals surface area (Å²) in [5.41, 5.74) is 3.15. The second-order valence-corrected chi connectivity index (χ2v) is 4.84. The molecule has 0 saturated carbocycles. The highest BCUT2D eigenvalue weighted by atomic mass is 14.3. The lowest BCUT2D eigenvalue weighted by molar-refractivity contribution is 0.638. The normalized spacial score (nSPS) is 12.9. The number of hydrogen-bond donors (Lipinski definition) is 0. The molecule has 0 radical (unpaired) electrons. The molecule has 0 bridgehead atoms. The molecule has 20 heavy (non-hydrogen) atoms. The van der Waals surface area contributed by atoms with Gasteiger partial charge in [-0.3, -0.25) is 0 Å². The van der Waals surface area contributed by atoms with Gasteiger partial charge in [0.15, 0.2) is 0 Å². The Morgan fingerprint density at radius 1 is 0.950 bits per heavy atom. The zero-order chi connectivity index (χ0) is 14.4. The van der Waals surface area contributed by atoms with E-state index in [1.165, 1.54) is 0 Å². The summed E-state index contributed by atoms with van der Waals surface area (Å²) in [4.78, 5) is 0. The smallest absolute Gasteiger partial charge is 0.0793 e. The van der Waals surface area contributed by atoms with Crippen LogP contribution in [0.3, 0.4) is 0 Å². The maximum atomic E-state index is 9.60. The topological polar surface area (TPSA) is 47.6 Å². The first-order valence-electron chi connectivity index (χ1n) is 6.65. The molecule has 0 aliphatic carbocycles. The molecular formula is C18H16N2. The second kappa shape index (κ2) is 6.55. The van der Waals surface area contributed by atoms with Gasteiger partial charge in [0.2, 0.25) is 0 Å². The number of nitrogens with zero attached hydrogens (tertiary/aromatic N) is 2. The Bertz CT molecular complexity index is 647. The van der Waals surface area contributed by atoms with Gasteiger partial charge in [0.1, 0.15) is 0 Å². The molecule has 0 aliphatic rings. The zero-order valence-corrected chi connectivity index (χ0v) is 11.5. The van der Waals surface area contributed by atoms with Crippen LogP contribution < -0.4 is 0 Å². The molecule has 0 unspecified atom stereocenters. The van der Waals surface area contributed by atoms with Gasteiger partial charge >= 0.3 is 0 Å². The van der Waals surface area contributed by atoms with Gasteiger partial charge in [-0.25, -0.2) is 0 Å².